The van der Waals surface area contributed by atoms with Gasteiger partial charge in [0.1, 0.15) is 11.9 Å². The molecule has 0 heterocycles. The van der Waals surface area contributed by atoms with Gasteiger partial charge in [0, 0.05) is 16.3 Å². The number of rotatable bonds is 6. The van der Waals surface area contributed by atoms with Crippen molar-refractivity contribution in [2.24, 2.45) is 0 Å². The maximum atomic E-state index is 12.4. The Kier molecular flexibility index (Phi) is 8.46. The van der Waals surface area contributed by atoms with E-state index >= 15 is 0 Å². The topological polar surface area (TPSA) is 62.4 Å². The van der Waals surface area contributed by atoms with Crippen molar-refractivity contribution in [3.63, 3.8) is 0 Å². The Bertz CT molecular complexity index is 828. The summed E-state index contributed by atoms with van der Waals surface area (Å²) in [5.74, 6) is 0.259. The van der Waals surface area contributed by atoms with Crippen LogP contribution in [0.3, 0.4) is 0 Å². The van der Waals surface area contributed by atoms with Crippen LogP contribution < -0.4 is 20.7 Å². The molecule has 0 saturated carbocycles. The number of ether oxygens (including phenoxy) is 1. The summed E-state index contributed by atoms with van der Waals surface area (Å²) in [6.07, 6.45) is -1.09. The van der Waals surface area contributed by atoms with E-state index in [-0.39, 0.29) is 5.11 Å². The highest BCUT2D eigenvalue weighted by Gasteiger charge is 2.34. The van der Waals surface area contributed by atoms with Crippen LogP contribution in [0.4, 0.5) is 5.69 Å². The van der Waals surface area contributed by atoms with E-state index in [0.29, 0.717) is 22.9 Å². The fourth-order valence-corrected chi connectivity index (χ4v) is 2.90. The second kappa shape index (κ2) is 10.4. The first-order chi connectivity index (χ1) is 13.2. The summed E-state index contributed by atoms with van der Waals surface area (Å²) < 4.78 is 3.52. The molecule has 1 amide bonds. The molecular weight excluding hydrogens is 464 g/mol. The van der Waals surface area contributed by atoms with Crippen LogP contribution in [0.5, 0.6) is 5.75 Å². The number of carbonyl (C=O) groups excluding carboxylic acids is 1. The van der Waals surface area contributed by atoms with Crippen LogP contribution in [-0.4, -0.2) is 27.6 Å². The number of benzene rings is 2. The van der Waals surface area contributed by atoms with Crippen LogP contribution in [0.1, 0.15) is 17.3 Å². The van der Waals surface area contributed by atoms with Crippen molar-refractivity contribution in [2.45, 2.75) is 16.9 Å². The standard InChI is InChI=1S/C18H17Cl4N3O2S/c1-2-27-14-8-6-13(7-9-14)23-17(28)25-16(18(20,21)22)24-15(26)11-4-3-5-12(19)10-11/h3-10,16H,2H2,1H3,(H,24,26)(H2,23,25,28). The summed E-state index contributed by atoms with van der Waals surface area (Å²) in [5, 5.41) is 8.91. The Morgan fingerprint density at radius 1 is 1.14 bits per heavy atom. The van der Waals surface area contributed by atoms with Gasteiger partial charge in [-0.05, 0) is 61.6 Å². The zero-order valence-electron chi connectivity index (χ0n) is 14.6. The lowest BCUT2D eigenvalue weighted by molar-refractivity contribution is 0.0934. The number of nitrogens with one attached hydrogen (secondary N) is 3. The third-order valence-corrected chi connectivity index (χ3v) is 4.50. The molecule has 0 radical (unpaired) electrons. The first-order valence-corrected chi connectivity index (χ1v) is 10.0. The summed E-state index contributed by atoms with van der Waals surface area (Å²) in [5.41, 5.74) is 1.02. The van der Waals surface area contributed by atoms with Crippen molar-refractivity contribution in [3.8, 4) is 5.75 Å². The van der Waals surface area contributed by atoms with E-state index in [4.69, 9.17) is 63.4 Å². The van der Waals surface area contributed by atoms with E-state index < -0.39 is 15.9 Å². The summed E-state index contributed by atoms with van der Waals surface area (Å²) in [4.78, 5) is 12.4. The highest BCUT2D eigenvalue weighted by Crippen LogP contribution is 2.29. The SMILES string of the molecule is CCOc1ccc(NC(=S)NC(NC(=O)c2cccc(Cl)c2)C(Cl)(Cl)Cl)cc1. The van der Waals surface area contributed by atoms with Gasteiger partial charge in [-0.3, -0.25) is 4.79 Å². The van der Waals surface area contributed by atoms with Crippen molar-refractivity contribution in [1.29, 1.82) is 0 Å². The van der Waals surface area contributed by atoms with Gasteiger partial charge >= 0.3 is 0 Å². The predicted octanol–water partition coefficient (Wildman–Crippen LogP) is 5.15. The monoisotopic (exact) mass is 479 g/mol. The average molecular weight is 481 g/mol. The zero-order valence-corrected chi connectivity index (χ0v) is 18.5. The highest BCUT2D eigenvalue weighted by molar-refractivity contribution is 7.80. The lowest BCUT2D eigenvalue weighted by Gasteiger charge is -2.27. The minimum absolute atomic E-state index is 0.159. The first kappa shape index (κ1) is 22.8. The van der Waals surface area contributed by atoms with Gasteiger partial charge in [0.05, 0.1) is 6.61 Å². The minimum Gasteiger partial charge on any atom is -0.494 e. The number of thiocarbonyl (C=S) groups is 1. The normalized spacial score (nSPS) is 12.0. The molecule has 1 atom stereocenters. The summed E-state index contributed by atoms with van der Waals surface area (Å²) in [6.45, 7) is 2.48. The number of amides is 1. The van der Waals surface area contributed by atoms with Gasteiger partial charge in [-0.15, -0.1) is 0 Å². The minimum atomic E-state index is -1.86. The average Bonchev–Trinajstić information content (AvgIpc) is 2.62. The molecule has 0 spiro atoms. The van der Waals surface area contributed by atoms with Crippen LogP contribution in [-0.2, 0) is 0 Å². The molecule has 0 bridgehead atoms. The molecule has 3 N–H and O–H groups in total. The first-order valence-electron chi connectivity index (χ1n) is 8.12. The fraction of sp³-hybridized carbons (Fsp3) is 0.222. The van der Waals surface area contributed by atoms with E-state index in [1.54, 1.807) is 42.5 Å². The second-order valence-electron chi connectivity index (χ2n) is 5.51. The van der Waals surface area contributed by atoms with E-state index in [0.717, 1.165) is 5.75 Å². The number of hydrogen-bond acceptors (Lipinski definition) is 3. The summed E-state index contributed by atoms with van der Waals surface area (Å²) in [6, 6.07) is 13.5. The van der Waals surface area contributed by atoms with Gasteiger partial charge in [0.2, 0.25) is 3.79 Å². The van der Waals surface area contributed by atoms with Crippen molar-refractivity contribution in [2.75, 3.05) is 11.9 Å². The van der Waals surface area contributed by atoms with Crippen molar-refractivity contribution >= 4 is 75.3 Å². The van der Waals surface area contributed by atoms with Crippen LogP contribution in [0.2, 0.25) is 5.02 Å². The number of alkyl halides is 3. The largest absolute Gasteiger partial charge is 0.494 e. The number of halogens is 4. The van der Waals surface area contributed by atoms with Gasteiger partial charge in [0.25, 0.3) is 5.91 Å². The predicted molar refractivity (Wildman–Crippen MR) is 120 cm³/mol. The maximum absolute atomic E-state index is 12.4. The Morgan fingerprint density at radius 2 is 1.82 bits per heavy atom. The summed E-state index contributed by atoms with van der Waals surface area (Å²) in [7, 11) is 0. The van der Waals surface area contributed by atoms with Crippen LogP contribution in [0.25, 0.3) is 0 Å². The second-order valence-corrected chi connectivity index (χ2v) is 8.73. The van der Waals surface area contributed by atoms with Crippen molar-refractivity contribution in [3.05, 3.63) is 59.1 Å². The Balaban J connectivity index is 2.03. The molecule has 0 fully saturated rings. The smallest absolute Gasteiger partial charge is 0.253 e. The molecule has 2 aromatic carbocycles. The molecule has 0 aromatic heterocycles. The van der Waals surface area contributed by atoms with E-state index in [1.165, 1.54) is 6.07 Å². The third kappa shape index (κ3) is 7.18. The summed E-state index contributed by atoms with van der Waals surface area (Å²) >= 11 is 29.1. The molecule has 5 nitrogen and oxygen atoms in total. The van der Waals surface area contributed by atoms with Crippen LogP contribution in [0.15, 0.2) is 48.5 Å². The number of anilines is 1. The van der Waals surface area contributed by atoms with Gasteiger partial charge < -0.3 is 20.7 Å². The molecule has 1 unspecified atom stereocenters. The zero-order chi connectivity index (χ0) is 20.7. The van der Waals surface area contributed by atoms with Gasteiger partial charge in [-0.2, -0.15) is 0 Å². The Morgan fingerprint density at radius 3 is 2.39 bits per heavy atom. The molecule has 10 heteroatoms. The van der Waals surface area contributed by atoms with Crippen molar-refractivity contribution < 1.29 is 9.53 Å². The molecule has 2 aromatic rings. The van der Waals surface area contributed by atoms with E-state index in [1.807, 2.05) is 6.92 Å². The van der Waals surface area contributed by atoms with Gasteiger partial charge in [-0.25, -0.2) is 0 Å². The molecule has 0 aliphatic rings. The highest BCUT2D eigenvalue weighted by atomic mass is 35.6. The van der Waals surface area contributed by atoms with E-state index in [2.05, 4.69) is 16.0 Å². The molecule has 2 rings (SSSR count). The molecule has 28 heavy (non-hydrogen) atoms. The van der Waals surface area contributed by atoms with E-state index in [9.17, 15) is 4.79 Å². The molecule has 150 valence electrons. The third-order valence-electron chi connectivity index (χ3n) is 3.39. The molecule has 0 aliphatic carbocycles. The molecule has 0 saturated heterocycles. The molecular formula is C18H17Cl4N3O2S. The number of carbonyl (C=O) groups is 1. The Hall–Kier alpha value is -1.44. The van der Waals surface area contributed by atoms with Crippen LogP contribution >= 0.6 is 58.6 Å². The lowest BCUT2D eigenvalue weighted by atomic mass is 10.2. The maximum Gasteiger partial charge on any atom is 0.253 e. The van der Waals surface area contributed by atoms with Gasteiger partial charge in [0.15, 0.2) is 5.11 Å². The lowest BCUT2D eigenvalue weighted by Crippen LogP contribution is -2.56. The fourth-order valence-electron chi connectivity index (χ4n) is 2.14. The van der Waals surface area contributed by atoms with Crippen LogP contribution in [0, 0.1) is 0 Å². The molecule has 0 aliphatic heterocycles. The Labute approximate surface area is 188 Å². The quantitative estimate of drug-likeness (QED) is 0.303. The van der Waals surface area contributed by atoms with Gasteiger partial charge in [-0.1, -0.05) is 52.5 Å². The van der Waals surface area contributed by atoms with Crippen molar-refractivity contribution in [1.82, 2.24) is 10.6 Å². The number of hydrogen-bond donors (Lipinski definition) is 3.